The minimum absolute atomic E-state index is 0.0642. The fraction of sp³-hybridized carbons (Fsp3) is 0.500. The molecular formula is C12H18N2O5S. The van der Waals surface area contributed by atoms with Crippen molar-refractivity contribution in [3.05, 3.63) is 11.6 Å². The first-order chi connectivity index (χ1) is 9.43. The van der Waals surface area contributed by atoms with Crippen molar-refractivity contribution in [2.24, 2.45) is 0 Å². The molecule has 1 aromatic carbocycles. The third-order valence-electron chi connectivity index (χ3n) is 3.16. The molecule has 0 aromatic heterocycles. The molecule has 8 heteroatoms. The first kappa shape index (κ1) is 14.7. The molecule has 20 heavy (non-hydrogen) atoms. The summed E-state index contributed by atoms with van der Waals surface area (Å²) in [5, 5.41) is 9.12. The van der Waals surface area contributed by atoms with Crippen LogP contribution < -0.4 is 19.0 Å². The summed E-state index contributed by atoms with van der Waals surface area (Å²) in [6.07, 6.45) is 0.528. The molecular weight excluding hydrogens is 284 g/mol. The molecule has 0 amide bonds. The monoisotopic (exact) mass is 302 g/mol. The average Bonchev–Trinajstić information content (AvgIpc) is 2.35. The number of hydrogen-bond donors (Lipinski definition) is 2. The Labute approximate surface area is 118 Å². The second-order valence-corrected chi connectivity index (χ2v) is 5.50. The van der Waals surface area contributed by atoms with E-state index in [4.69, 9.17) is 19.2 Å². The van der Waals surface area contributed by atoms with Gasteiger partial charge in [0.15, 0.2) is 11.5 Å². The third kappa shape index (κ3) is 2.48. The molecule has 1 heterocycles. The quantitative estimate of drug-likeness (QED) is 0.770. The summed E-state index contributed by atoms with van der Waals surface area (Å²) < 4.78 is 33.0. The number of aliphatic hydroxyl groups is 1. The van der Waals surface area contributed by atoms with Crippen molar-refractivity contribution in [1.82, 2.24) is 0 Å². The molecule has 1 aromatic rings. The standard InChI is InChI=1S/C12H18N2O5S/c1-3-8-9(13)7-10-11(14(4-2)5-6-15)12(8)19-20(16,17)18-10/h7,15H,3-6,13H2,1-2H3. The summed E-state index contributed by atoms with van der Waals surface area (Å²) in [6, 6.07) is 1.48. The Kier molecular flexibility index (Phi) is 3.96. The second-order valence-electron chi connectivity index (χ2n) is 4.35. The topological polar surface area (TPSA) is 102 Å². The predicted octanol–water partition coefficient (Wildman–Crippen LogP) is 0.666. The van der Waals surface area contributed by atoms with Crippen molar-refractivity contribution < 1.29 is 21.9 Å². The molecule has 0 spiro atoms. The number of fused-ring (bicyclic) bond motifs is 2. The van der Waals surface area contributed by atoms with E-state index in [0.717, 1.165) is 0 Å². The van der Waals surface area contributed by atoms with E-state index < -0.39 is 10.4 Å². The number of nitrogen functional groups attached to an aromatic ring is 1. The maximum atomic E-state index is 11.6. The van der Waals surface area contributed by atoms with Crippen LogP contribution in [0.4, 0.5) is 11.4 Å². The maximum absolute atomic E-state index is 11.6. The Hall–Kier alpha value is -1.67. The number of aliphatic hydroxyl groups excluding tert-OH is 1. The molecule has 0 aliphatic carbocycles. The summed E-state index contributed by atoms with van der Waals surface area (Å²) >= 11 is 0. The fourth-order valence-corrected chi connectivity index (χ4v) is 3.04. The van der Waals surface area contributed by atoms with Crippen LogP contribution in [0.2, 0.25) is 0 Å². The Morgan fingerprint density at radius 3 is 2.60 bits per heavy atom. The zero-order valence-electron chi connectivity index (χ0n) is 11.4. The van der Waals surface area contributed by atoms with Gasteiger partial charge in [-0.2, -0.15) is 0 Å². The summed E-state index contributed by atoms with van der Waals surface area (Å²) in [5.74, 6) is 0.334. The normalized spacial score (nSPS) is 15.3. The molecule has 0 fully saturated rings. The molecule has 2 bridgehead atoms. The number of nitrogens with zero attached hydrogens (tertiary/aromatic N) is 1. The molecule has 0 saturated heterocycles. The van der Waals surface area contributed by atoms with Gasteiger partial charge in [-0.15, -0.1) is 8.42 Å². The van der Waals surface area contributed by atoms with Crippen molar-refractivity contribution in [1.29, 1.82) is 0 Å². The van der Waals surface area contributed by atoms with E-state index in [0.29, 0.717) is 36.4 Å². The number of nitrogens with two attached hydrogens (primary N) is 1. The zero-order chi connectivity index (χ0) is 14.9. The summed E-state index contributed by atoms with van der Waals surface area (Å²) in [6.45, 7) is 4.60. The van der Waals surface area contributed by atoms with E-state index in [1.165, 1.54) is 6.07 Å². The van der Waals surface area contributed by atoms with Gasteiger partial charge in [0, 0.05) is 30.4 Å². The van der Waals surface area contributed by atoms with Gasteiger partial charge < -0.3 is 24.1 Å². The first-order valence-corrected chi connectivity index (χ1v) is 7.71. The Bertz CT molecular complexity index is 615. The van der Waals surface area contributed by atoms with Crippen molar-refractivity contribution in [2.75, 3.05) is 30.3 Å². The minimum Gasteiger partial charge on any atom is -0.398 e. The number of anilines is 2. The van der Waals surface area contributed by atoms with Crippen LogP contribution in [0.5, 0.6) is 11.5 Å². The molecule has 0 radical (unpaired) electrons. The summed E-state index contributed by atoms with van der Waals surface area (Å²) in [7, 11) is -4.10. The second kappa shape index (κ2) is 5.37. The minimum atomic E-state index is -4.10. The van der Waals surface area contributed by atoms with E-state index in [9.17, 15) is 8.42 Å². The molecule has 0 atom stereocenters. The van der Waals surface area contributed by atoms with Gasteiger partial charge in [-0.05, 0) is 13.3 Å². The van der Waals surface area contributed by atoms with Crippen LogP contribution >= 0.6 is 0 Å². The van der Waals surface area contributed by atoms with Gasteiger partial charge >= 0.3 is 10.4 Å². The molecule has 112 valence electrons. The summed E-state index contributed by atoms with van der Waals surface area (Å²) in [4.78, 5) is 1.79. The van der Waals surface area contributed by atoms with E-state index in [1.54, 1.807) is 4.90 Å². The third-order valence-corrected chi connectivity index (χ3v) is 3.91. The van der Waals surface area contributed by atoms with Gasteiger partial charge in [-0.3, -0.25) is 0 Å². The highest BCUT2D eigenvalue weighted by Gasteiger charge is 2.34. The lowest BCUT2D eigenvalue weighted by Crippen LogP contribution is -2.32. The number of likely N-dealkylation sites (N-methyl/N-ethyl adjacent to an activating group) is 1. The molecule has 3 N–H and O–H groups in total. The molecule has 0 saturated carbocycles. The van der Waals surface area contributed by atoms with Crippen LogP contribution in [0.15, 0.2) is 6.07 Å². The van der Waals surface area contributed by atoms with Crippen molar-refractivity contribution >= 4 is 21.8 Å². The largest absolute Gasteiger partial charge is 0.501 e. The first-order valence-electron chi connectivity index (χ1n) is 6.38. The molecule has 1 aliphatic heterocycles. The Balaban J connectivity index is 2.66. The molecule has 2 rings (SSSR count). The SMILES string of the molecule is CCc1c(N)cc2c(N(CC)CCO)c1OS(=O)(=O)O2. The fourth-order valence-electron chi connectivity index (χ4n) is 2.28. The van der Waals surface area contributed by atoms with Crippen molar-refractivity contribution in [2.45, 2.75) is 20.3 Å². The van der Waals surface area contributed by atoms with Gasteiger partial charge in [0.2, 0.25) is 0 Å². The zero-order valence-corrected chi connectivity index (χ0v) is 12.2. The number of hydrogen-bond acceptors (Lipinski definition) is 7. The lowest BCUT2D eigenvalue weighted by Gasteiger charge is -2.30. The number of rotatable bonds is 5. The van der Waals surface area contributed by atoms with Crippen molar-refractivity contribution in [3.63, 3.8) is 0 Å². The Morgan fingerprint density at radius 1 is 1.35 bits per heavy atom. The van der Waals surface area contributed by atoms with Crippen LogP contribution in [0, 0.1) is 0 Å². The van der Waals surface area contributed by atoms with E-state index in [2.05, 4.69) is 0 Å². The maximum Gasteiger partial charge on any atom is 0.501 e. The smallest absolute Gasteiger partial charge is 0.398 e. The lowest BCUT2D eigenvalue weighted by molar-refractivity contribution is 0.301. The highest BCUT2D eigenvalue weighted by molar-refractivity contribution is 7.82. The van der Waals surface area contributed by atoms with Crippen LogP contribution in [0.3, 0.4) is 0 Å². The van der Waals surface area contributed by atoms with Gasteiger partial charge in [0.1, 0.15) is 5.69 Å². The van der Waals surface area contributed by atoms with E-state index in [-0.39, 0.29) is 18.1 Å². The van der Waals surface area contributed by atoms with Gasteiger partial charge in [-0.25, -0.2) is 0 Å². The molecule has 0 unspecified atom stereocenters. The highest BCUT2D eigenvalue weighted by atomic mass is 32.3. The average molecular weight is 302 g/mol. The van der Waals surface area contributed by atoms with Crippen LogP contribution in [0.25, 0.3) is 0 Å². The predicted molar refractivity (Wildman–Crippen MR) is 75.4 cm³/mol. The summed E-state index contributed by atoms with van der Waals surface area (Å²) in [5.41, 5.74) is 7.45. The van der Waals surface area contributed by atoms with E-state index in [1.807, 2.05) is 13.8 Å². The highest BCUT2D eigenvalue weighted by Crippen LogP contribution is 2.48. The van der Waals surface area contributed by atoms with Crippen LogP contribution in [-0.4, -0.2) is 33.2 Å². The van der Waals surface area contributed by atoms with Gasteiger partial charge in [0.05, 0.1) is 6.61 Å². The molecule has 1 aliphatic rings. The van der Waals surface area contributed by atoms with Crippen LogP contribution in [0.1, 0.15) is 19.4 Å². The van der Waals surface area contributed by atoms with Crippen molar-refractivity contribution in [3.8, 4) is 11.5 Å². The lowest BCUT2D eigenvalue weighted by atomic mass is 10.1. The van der Waals surface area contributed by atoms with Gasteiger partial charge in [-0.1, -0.05) is 6.92 Å². The van der Waals surface area contributed by atoms with E-state index >= 15 is 0 Å². The number of benzene rings is 1. The molecule has 7 nitrogen and oxygen atoms in total. The van der Waals surface area contributed by atoms with Gasteiger partial charge in [0.25, 0.3) is 0 Å². The van der Waals surface area contributed by atoms with Crippen LogP contribution in [-0.2, 0) is 16.8 Å². The Morgan fingerprint density at radius 2 is 2.05 bits per heavy atom.